The Morgan fingerprint density at radius 1 is 1.24 bits per heavy atom. The molecule has 0 saturated carbocycles. The zero-order chi connectivity index (χ0) is 12.3. The summed E-state index contributed by atoms with van der Waals surface area (Å²) in [7, 11) is 0. The highest BCUT2D eigenvalue weighted by Crippen LogP contribution is 2.11. The van der Waals surface area contributed by atoms with Gasteiger partial charge in [-0.05, 0) is 40.0 Å². The van der Waals surface area contributed by atoms with Gasteiger partial charge in [-0.2, -0.15) is 0 Å². The summed E-state index contributed by atoms with van der Waals surface area (Å²) < 4.78 is 0.854. The van der Waals surface area contributed by atoms with E-state index in [1.165, 1.54) is 0 Å². The van der Waals surface area contributed by atoms with E-state index in [0.717, 1.165) is 15.6 Å². The summed E-state index contributed by atoms with van der Waals surface area (Å²) in [5, 5.41) is 0. The van der Waals surface area contributed by atoms with E-state index in [0.29, 0.717) is 0 Å². The van der Waals surface area contributed by atoms with Gasteiger partial charge in [-0.1, -0.05) is 0 Å². The molecule has 2 aromatic rings. The van der Waals surface area contributed by atoms with Crippen molar-refractivity contribution in [2.45, 2.75) is 13.3 Å². The first kappa shape index (κ1) is 11.9. The lowest BCUT2D eigenvalue weighted by Crippen LogP contribution is -2.08. The van der Waals surface area contributed by atoms with Crippen LogP contribution in [0.1, 0.15) is 21.7 Å². The second-order valence-corrected chi connectivity index (χ2v) is 4.61. The van der Waals surface area contributed by atoms with Crippen molar-refractivity contribution in [1.82, 2.24) is 15.0 Å². The molecule has 0 N–H and O–H groups in total. The topological polar surface area (TPSA) is 55.7 Å². The van der Waals surface area contributed by atoms with Gasteiger partial charge in [-0.15, -0.1) is 0 Å². The summed E-state index contributed by atoms with van der Waals surface area (Å²) in [5.41, 5.74) is 1.78. The number of hydrogen-bond acceptors (Lipinski definition) is 4. The van der Waals surface area contributed by atoms with Crippen LogP contribution in [0.15, 0.2) is 35.3 Å². The zero-order valence-electron chi connectivity index (χ0n) is 9.22. The zero-order valence-corrected chi connectivity index (χ0v) is 10.8. The Morgan fingerprint density at radius 3 is 2.59 bits per heavy atom. The van der Waals surface area contributed by atoms with Gasteiger partial charge in [0.15, 0.2) is 5.82 Å². The number of ketones is 1. The summed E-state index contributed by atoms with van der Waals surface area (Å²) in [4.78, 5) is 23.9. The third-order valence-corrected chi connectivity index (χ3v) is 2.59. The van der Waals surface area contributed by atoms with Crippen LogP contribution in [0.25, 0.3) is 0 Å². The molecule has 0 spiro atoms. The molecule has 0 fully saturated rings. The van der Waals surface area contributed by atoms with Crippen LogP contribution in [0.3, 0.4) is 0 Å². The third-order valence-electron chi connectivity index (χ3n) is 2.16. The second-order valence-electron chi connectivity index (χ2n) is 3.70. The van der Waals surface area contributed by atoms with E-state index in [4.69, 9.17) is 0 Å². The molecule has 0 unspecified atom stereocenters. The largest absolute Gasteiger partial charge is 0.290 e. The van der Waals surface area contributed by atoms with Crippen molar-refractivity contribution < 1.29 is 4.79 Å². The van der Waals surface area contributed by atoms with Crippen molar-refractivity contribution in [3.8, 4) is 0 Å². The Morgan fingerprint density at radius 2 is 1.94 bits per heavy atom. The second kappa shape index (κ2) is 5.14. The molecule has 2 heterocycles. The van der Waals surface area contributed by atoms with Gasteiger partial charge >= 0.3 is 0 Å². The first-order valence-corrected chi connectivity index (χ1v) is 5.86. The first-order chi connectivity index (χ1) is 8.15. The minimum absolute atomic E-state index is 0.107. The summed E-state index contributed by atoms with van der Waals surface area (Å²) in [5.74, 6) is 0.139. The maximum atomic E-state index is 11.9. The maximum Gasteiger partial charge on any atom is 0.204 e. The van der Waals surface area contributed by atoms with Gasteiger partial charge < -0.3 is 0 Å². The lowest BCUT2D eigenvalue weighted by molar-refractivity contribution is 0.0983. The predicted molar refractivity (Wildman–Crippen MR) is 66.7 cm³/mol. The summed E-state index contributed by atoms with van der Waals surface area (Å²) in [6.07, 6.45) is 6.88. The summed E-state index contributed by atoms with van der Waals surface area (Å²) in [6.45, 7) is 1.88. The van der Waals surface area contributed by atoms with Gasteiger partial charge in [-0.25, -0.2) is 9.97 Å². The Kier molecular flexibility index (Phi) is 3.58. The molecule has 0 amide bonds. The van der Waals surface area contributed by atoms with Crippen LogP contribution >= 0.6 is 15.9 Å². The van der Waals surface area contributed by atoms with Gasteiger partial charge in [0.05, 0.1) is 0 Å². The average Bonchev–Trinajstić information content (AvgIpc) is 2.29. The molecule has 0 aliphatic rings. The number of carbonyl (C=O) groups excluding carboxylic acids is 1. The standard InChI is InChI=1S/C12H10BrN3O/c1-8-4-15-12(16-5-8)11(17)3-9-2-10(13)7-14-6-9/h2,4-7H,3H2,1H3. The maximum absolute atomic E-state index is 11.9. The Labute approximate surface area is 107 Å². The summed E-state index contributed by atoms with van der Waals surface area (Å²) >= 11 is 3.31. The number of carbonyl (C=O) groups is 1. The van der Waals surface area contributed by atoms with E-state index in [9.17, 15) is 4.79 Å². The van der Waals surface area contributed by atoms with Gasteiger partial charge in [-0.3, -0.25) is 9.78 Å². The van der Waals surface area contributed by atoms with Crippen LogP contribution < -0.4 is 0 Å². The Bertz CT molecular complexity index is 540. The van der Waals surface area contributed by atoms with Crippen molar-refractivity contribution in [3.63, 3.8) is 0 Å². The van der Waals surface area contributed by atoms with E-state index in [1.807, 2.05) is 13.0 Å². The van der Waals surface area contributed by atoms with Crippen molar-refractivity contribution >= 4 is 21.7 Å². The van der Waals surface area contributed by atoms with Crippen molar-refractivity contribution in [1.29, 1.82) is 0 Å². The molecule has 86 valence electrons. The third kappa shape index (κ3) is 3.17. The molecule has 5 heteroatoms. The molecule has 2 rings (SSSR count). The summed E-state index contributed by atoms with van der Waals surface area (Å²) in [6, 6.07) is 1.86. The smallest absolute Gasteiger partial charge is 0.204 e. The number of pyridine rings is 1. The fourth-order valence-electron chi connectivity index (χ4n) is 1.35. The van der Waals surface area contributed by atoms with E-state index in [2.05, 4.69) is 30.9 Å². The Balaban J connectivity index is 2.14. The van der Waals surface area contributed by atoms with Gasteiger partial charge in [0.1, 0.15) is 0 Å². The molecular weight excluding hydrogens is 282 g/mol. The first-order valence-electron chi connectivity index (χ1n) is 5.06. The molecule has 0 aliphatic heterocycles. The highest BCUT2D eigenvalue weighted by atomic mass is 79.9. The number of hydrogen-bond donors (Lipinski definition) is 0. The SMILES string of the molecule is Cc1cnc(C(=O)Cc2cncc(Br)c2)nc1. The number of Topliss-reactive ketones (excluding diaryl/α,β-unsaturated/α-hetero) is 1. The highest BCUT2D eigenvalue weighted by molar-refractivity contribution is 9.10. The van der Waals surface area contributed by atoms with E-state index in [1.54, 1.807) is 24.8 Å². The fourth-order valence-corrected chi connectivity index (χ4v) is 1.77. The van der Waals surface area contributed by atoms with Crippen LogP contribution in [0.4, 0.5) is 0 Å². The molecule has 0 bridgehead atoms. The molecular formula is C12H10BrN3O. The predicted octanol–water partition coefficient (Wildman–Crippen LogP) is 2.37. The van der Waals surface area contributed by atoms with Gasteiger partial charge in [0, 0.05) is 35.7 Å². The van der Waals surface area contributed by atoms with Crippen LogP contribution in [0, 0.1) is 6.92 Å². The minimum Gasteiger partial charge on any atom is -0.290 e. The monoisotopic (exact) mass is 291 g/mol. The number of aromatic nitrogens is 3. The van der Waals surface area contributed by atoms with Crippen molar-refractivity contribution in [2.75, 3.05) is 0 Å². The van der Waals surface area contributed by atoms with Crippen molar-refractivity contribution in [3.05, 3.63) is 52.3 Å². The molecule has 17 heavy (non-hydrogen) atoms. The molecule has 0 saturated heterocycles. The number of aryl methyl sites for hydroxylation is 1. The number of halogens is 1. The molecule has 0 aliphatic carbocycles. The molecule has 0 aromatic carbocycles. The van der Waals surface area contributed by atoms with Crippen LogP contribution in [-0.2, 0) is 6.42 Å². The molecule has 4 nitrogen and oxygen atoms in total. The van der Waals surface area contributed by atoms with E-state index >= 15 is 0 Å². The average molecular weight is 292 g/mol. The normalized spacial score (nSPS) is 10.2. The molecule has 0 radical (unpaired) electrons. The lowest BCUT2D eigenvalue weighted by Gasteiger charge is -2.00. The number of nitrogens with zero attached hydrogens (tertiary/aromatic N) is 3. The molecule has 0 atom stereocenters. The van der Waals surface area contributed by atoms with Crippen LogP contribution in [0.2, 0.25) is 0 Å². The number of rotatable bonds is 3. The van der Waals surface area contributed by atoms with Crippen LogP contribution in [0.5, 0.6) is 0 Å². The van der Waals surface area contributed by atoms with Gasteiger partial charge in [0.25, 0.3) is 0 Å². The minimum atomic E-state index is -0.107. The van der Waals surface area contributed by atoms with Gasteiger partial charge in [0.2, 0.25) is 5.78 Å². The Hall–Kier alpha value is -1.62. The quantitative estimate of drug-likeness (QED) is 0.815. The van der Waals surface area contributed by atoms with Crippen LogP contribution in [-0.4, -0.2) is 20.7 Å². The van der Waals surface area contributed by atoms with Crippen molar-refractivity contribution in [2.24, 2.45) is 0 Å². The van der Waals surface area contributed by atoms with E-state index in [-0.39, 0.29) is 18.0 Å². The lowest BCUT2D eigenvalue weighted by atomic mass is 10.1. The highest BCUT2D eigenvalue weighted by Gasteiger charge is 2.10. The molecule has 2 aromatic heterocycles. The fraction of sp³-hybridized carbons (Fsp3) is 0.167. The van der Waals surface area contributed by atoms with E-state index < -0.39 is 0 Å².